The third kappa shape index (κ3) is 2.67. The lowest BCUT2D eigenvalue weighted by Crippen LogP contribution is -1.91. The van der Waals surface area contributed by atoms with Gasteiger partial charge >= 0.3 is 0 Å². The highest BCUT2D eigenvalue weighted by Gasteiger charge is 1.97. The molecule has 0 saturated carbocycles. The largest absolute Gasteiger partial charge is 0.299 e. The summed E-state index contributed by atoms with van der Waals surface area (Å²) < 4.78 is 0. The molecule has 1 aromatic rings. The number of benzene rings is 1. The Morgan fingerprint density at radius 2 is 2.15 bits per heavy atom. The topological polar surface area (TPSA) is 34.1 Å². The summed E-state index contributed by atoms with van der Waals surface area (Å²) in [6, 6.07) is 7.14. The van der Waals surface area contributed by atoms with Crippen molar-refractivity contribution in [1.29, 1.82) is 0 Å². The number of Topliss-reactive ketones (excluding diaryl/α,β-unsaturated/α-hetero) is 1. The van der Waals surface area contributed by atoms with Gasteiger partial charge in [0.25, 0.3) is 0 Å². The average molecular weight is 174 g/mol. The van der Waals surface area contributed by atoms with Gasteiger partial charge in [-0.2, -0.15) is 0 Å². The standard InChI is InChI=1S/C11H10O2/c1-9(13)11-6-2-4-10(8-11)5-3-7-12/h2-8H,1H3/b5-3+. The SMILES string of the molecule is CC(=O)c1cccc(/C=C/C=O)c1. The monoisotopic (exact) mass is 174 g/mol. The molecule has 0 spiro atoms. The van der Waals surface area contributed by atoms with Crippen LogP contribution in [-0.2, 0) is 4.79 Å². The van der Waals surface area contributed by atoms with Crippen LogP contribution in [0.25, 0.3) is 6.08 Å². The molecule has 0 N–H and O–H groups in total. The van der Waals surface area contributed by atoms with Gasteiger partial charge in [-0.1, -0.05) is 24.3 Å². The minimum absolute atomic E-state index is 0.0290. The zero-order valence-corrected chi connectivity index (χ0v) is 7.36. The molecule has 0 bridgehead atoms. The van der Waals surface area contributed by atoms with Crippen LogP contribution in [0.2, 0.25) is 0 Å². The molecular formula is C11H10O2. The quantitative estimate of drug-likeness (QED) is 0.399. The van der Waals surface area contributed by atoms with Crippen molar-refractivity contribution in [2.24, 2.45) is 0 Å². The lowest BCUT2D eigenvalue weighted by molar-refractivity contribution is -0.104. The average Bonchev–Trinajstić information content (AvgIpc) is 2.15. The van der Waals surface area contributed by atoms with Gasteiger partial charge in [-0.05, 0) is 24.6 Å². The molecule has 0 unspecified atom stereocenters. The van der Waals surface area contributed by atoms with Crippen LogP contribution in [0, 0.1) is 0 Å². The first-order chi connectivity index (χ1) is 6.24. The Balaban J connectivity index is 2.98. The Bertz CT molecular complexity index is 351. The summed E-state index contributed by atoms with van der Waals surface area (Å²) in [7, 11) is 0. The van der Waals surface area contributed by atoms with Crippen LogP contribution in [0.1, 0.15) is 22.8 Å². The van der Waals surface area contributed by atoms with Crippen molar-refractivity contribution in [3.05, 3.63) is 41.5 Å². The fraction of sp³-hybridized carbons (Fsp3) is 0.0909. The van der Waals surface area contributed by atoms with Crippen LogP contribution < -0.4 is 0 Å². The van der Waals surface area contributed by atoms with E-state index >= 15 is 0 Å². The molecule has 1 aromatic carbocycles. The van der Waals surface area contributed by atoms with Gasteiger partial charge in [-0.15, -0.1) is 0 Å². The molecule has 13 heavy (non-hydrogen) atoms. The third-order valence-electron chi connectivity index (χ3n) is 1.66. The summed E-state index contributed by atoms with van der Waals surface area (Å²) in [5, 5.41) is 0. The van der Waals surface area contributed by atoms with E-state index in [2.05, 4.69) is 0 Å². The number of hydrogen-bond acceptors (Lipinski definition) is 2. The Hall–Kier alpha value is -1.70. The maximum absolute atomic E-state index is 11.0. The van der Waals surface area contributed by atoms with Crippen molar-refractivity contribution in [3.8, 4) is 0 Å². The van der Waals surface area contributed by atoms with Crippen LogP contribution in [0.5, 0.6) is 0 Å². The molecule has 0 heterocycles. The summed E-state index contributed by atoms with van der Waals surface area (Å²) in [5.41, 5.74) is 1.52. The second kappa shape index (κ2) is 4.36. The summed E-state index contributed by atoms with van der Waals surface area (Å²) >= 11 is 0. The molecule has 66 valence electrons. The molecule has 0 saturated heterocycles. The molecular weight excluding hydrogens is 164 g/mol. The van der Waals surface area contributed by atoms with Gasteiger partial charge in [0.1, 0.15) is 6.29 Å². The van der Waals surface area contributed by atoms with E-state index in [4.69, 9.17) is 0 Å². The van der Waals surface area contributed by atoms with Gasteiger partial charge in [-0.25, -0.2) is 0 Å². The molecule has 2 heteroatoms. The number of aldehydes is 1. The number of allylic oxidation sites excluding steroid dienone is 1. The first-order valence-corrected chi connectivity index (χ1v) is 3.97. The number of carbonyl (C=O) groups excluding carboxylic acids is 2. The highest BCUT2D eigenvalue weighted by Crippen LogP contribution is 2.07. The maximum atomic E-state index is 11.0. The van der Waals surface area contributed by atoms with E-state index in [1.54, 1.807) is 24.3 Å². The normalized spacial score (nSPS) is 10.2. The zero-order valence-electron chi connectivity index (χ0n) is 7.36. The minimum Gasteiger partial charge on any atom is -0.299 e. The van der Waals surface area contributed by atoms with Crippen molar-refractivity contribution in [2.45, 2.75) is 6.92 Å². The van der Waals surface area contributed by atoms with Crippen molar-refractivity contribution in [2.75, 3.05) is 0 Å². The van der Waals surface area contributed by atoms with Gasteiger partial charge in [0, 0.05) is 5.56 Å². The Labute approximate surface area is 76.9 Å². The number of hydrogen-bond donors (Lipinski definition) is 0. The van der Waals surface area contributed by atoms with E-state index in [-0.39, 0.29) is 5.78 Å². The van der Waals surface area contributed by atoms with Crippen LogP contribution in [0.4, 0.5) is 0 Å². The van der Waals surface area contributed by atoms with Crippen molar-refractivity contribution in [3.63, 3.8) is 0 Å². The molecule has 0 aliphatic heterocycles. The maximum Gasteiger partial charge on any atom is 0.159 e. The van der Waals surface area contributed by atoms with E-state index in [9.17, 15) is 9.59 Å². The number of carbonyl (C=O) groups is 2. The van der Waals surface area contributed by atoms with Crippen LogP contribution in [-0.4, -0.2) is 12.1 Å². The highest BCUT2D eigenvalue weighted by atomic mass is 16.1. The van der Waals surface area contributed by atoms with E-state index in [1.807, 2.05) is 6.07 Å². The third-order valence-corrected chi connectivity index (χ3v) is 1.66. The van der Waals surface area contributed by atoms with Crippen molar-refractivity contribution < 1.29 is 9.59 Å². The number of rotatable bonds is 3. The Morgan fingerprint density at radius 1 is 1.38 bits per heavy atom. The first kappa shape index (κ1) is 9.39. The summed E-state index contributed by atoms with van der Waals surface area (Å²) in [5.74, 6) is 0.0290. The fourth-order valence-corrected chi connectivity index (χ4v) is 1.01. The summed E-state index contributed by atoms with van der Waals surface area (Å²) in [4.78, 5) is 21.0. The summed E-state index contributed by atoms with van der Waals surface area (Å²) in [6.45, 7) is 1.52. The molecule has 0 amide bonds. The molecule has 0 atom stereocenters. The van der Waals surface area contributed by atoms with Crippen LogP contribution in [0.3, 0.4) is 0 Å². The first-order valence-electron chi connectivity index (χ1n) is 3.97. The van der Waals surface area contributed by atoms with Gasteiger partial charge < -0.3 is 0 Å². The zero-order chi connectivity index (χ0) is 9.68. The Morgan fingerprint density at radius 3 is 2.77 bits per heavy atom. The predicted molar refractivity (Wildman–Crippen MR) is 51.5 cm³/mol. The lowest BCUT2D eigenvalue weighted by Gasteiger charge is -1.96. The van der Waals surface area contributed by atoms with Gasteiger partial charge in [0.15, 0.2) is 5.78 Å². The molecule has 1 rings (SSSR count). The van der Waals surface area contributed by atoms with Crippen LogP contribution in [0.15, 0.2) is 30.3 Å². The van der Waals surface area contributed by atoms with Crippen molar-refractivity contribution >= 4 is 18.1 Å². The van der Waals surface area contributed by atoms with Crippen LogP contribution >= 0.6 is 0 Å². The van der Waals surface area contributed by atoms with Crippen molar-refractivity contribution in [1.82, 2.24) is 0 Å². The van der Waals surface area contributed by atoms with Gasteiger partial charge in [-0.3, -0.25) is 9.59 Å². The van der Waals surface area contributed by atoms with E-state index in [1.165, 1.54) is 13.0 Å². The molecule has 0 aromatic heterocycles. The predicted octanol–water partition coefficient (Wildman–Crippen LogP) is 2.10. The minimum atomic E-state index is 0.0290. The molecule has 0 aliphatic rings. The molecule has 2 nitrogen and oxygen atoms in total. The molecule has 0 radical (unpaired) electrons. The highest BCUT2D eigenvalue weighted by molar-refractivity contribution is 5.94. The molecule has 0 fully saturated rings. The smallest absolute Gasteiger partial charge is 0.159 e. The van der Waals surface area contributed by atoms with E-state index in [0.29, 0.717) is 11.8 Å². The van der Waals surface area contributed by atoms with E-state index < -0.39 is 0 Å². The van der Waals surface area contributed by atoms with Gasteiger partial charge in [0.05, 0.1) is 0 Å². The van der Waals surface area contributed by atoms with E-state index in [0.717, 1.165) is 5.56 Å². The molecule has 0 aliphatic carbocycles. The summed E-state index contributed by atoms with van der Waals surface area (Å²) in [6.07, 6.45) is 3.78. The fourth-order valence-electron chi connectivity index (χ4n) is 1.01. The Kier molecular flexibility index (Phi) is 3.15. The lowest BCUT2D eigenvalue weighted by atomic mass is 10.1. The van der Waals surface area contributed by atoms with Gasteiger partial charge in [0.2, 0.25) is 0 Å². The number of ketones is 1. The second-order valence-corrected chi connectivity index (χ2v) is 2.68. The second-order valence-electron chi connectivity index (χ2n) is 2.68.